The lowest BCUT2D eigenvalue weighted by atomic mass is 10.2. The van der Waals surface area contributed by atoms with E-state index in [1.54, 1.807) is 36.7 Å². The molecule has 0 amide bonds. The molecule has 0 saturated carbocycles. The molecule has 75 valence electrons. The lowest BCUT2D eigenvalue weighted by Crippen LogP contribution is -1.89. The van der Waals surface area contributed by atoms with Crippen molar-refractivity contribution in [2.45, 2.75) is 6.92 Å². The fraction of sp³-hybridized carbons (Fsp3) is 0.0909. The van der Waals surface area contributed by atoms with E-state index in [-0.39, 0.29) is 0 Å². The van der Waals surface area contributed by atoms with E-state index in [0.29, 0.717) is 11.4 Å². The number of nitrogens with one attached hydrogen (secondary N) is 1. The van der Waals surface area contributed by atoms with Crippen LogP contribution >= 0.6 is 0 Å². The average Bonchev–Trinajstić information content (AvgIpc) is 2.24. The molecule has 0 saturated heterocycles. The predicted molar refractivity (Wildman–Crippen MR) is 56.0 cm³/mol. The molecule has 0 bridgehead atoms. The van der Waals surface area contributed by atoms with Crippen molar-refractivity contribution in [1.29, 1.82) is 0 Å². The minimum Gasteiger partial charge on any atom is -0.455 e. The van der Waals surface area contributed by atoms with Crippen LogP contribution in [0.4, 0.5) is 5.69 Å². The summed E-state index contributed by atoms with van der Waals surface area (Å²) in [5.74, 6) is 1.38. The molecule has 0 spiro atoms. The van der Waals surface area contributed by atoms with Gasteiger partial charge in [0.1, 0.15) is 11.5 Å². The van der Waals surface area contributed by atoms with E-state index in [9.17, 15) is 0 Å². The molecular weight excluding hydrogens is 190 g/mol. The molecule has 0 atom stereocenters. The first-order valence-electron chi connectivity index (χ1n) is 4.52. The van der Waals surface area contributed by atoms with Crippen LogP contribution in [0.2, 0.25) is 0 Å². The van der Waals surface area contributed by atoms with Gasteiger partial charge in [-0.3, -0.25) is 0 Å². The third-order valence-electron chi connectivity index (χ3n) is 1.96. The summed E-state index contributed by atoms with van der Waals surface area (Å²) in [6, 6.07) is 6.96. The SMILES string of the molecule is Cc1cc([NH])ccc1Oc1ccnnc1. The second-order valence-electron chi connectivity index (χ2n) is 3.16. The third kappa shape index (κ3) is 2.22. The lowest BCUT2D eigenvalue weighted by molar-refractivity contribution is 0.475. The summed E-state index contributed by atoms with van der Waals surface area (Å²) >= 11 is 0. The van der Waals surface area contributed by atoms with Crippen molar-refractivity contribution in [3.8, 4) is 11.5 Å². The molecule has 4 heteroatoms. The molecule has 0 aliphatic heterocycles. The highest BCUT2D eigenvalue weighted by molar-refractivity contribution is 5.46. The van der Waals surface area contributed by atoms with Crippen LogP contribution in [0.15, 0.2) is 36.7 Å². The normalized spacial score (nSPS) is 9.93. The Balaban J connectivity index is 2.25. The highest BCUT2D eigenvalue weighted by Crippen LogP contribution is 2.25. The molecule has 4 nitrogen and oxygen atoms in total. The second kappa shape index (κ2) is 3.96. The van der Waals surface area contributed by atoms with Crippen molar-refractivity contribution in [3.63, 3.8) is 0 Å². The molecule has 0 fully saturated rings. The Hall–Kier alpha value is -2.10. The van der Waals surface area contributed by atoms with Gasteiger partial charge in [-0.1, -0.05) is 0 Å². The van der Waals surface area contributed by atoms with Crippen LogP contribution in [-0.2, 0) is 0 Å². The Morgan fingerprint density at radius 3 is 2.73 bits per heavy atom. The fourth-order valence-corrected chi connectivity index (χ4v) is 1.23. The summed E-state index contributed by atoms with van der Waals surface area (Å²) in [5.41, 5.74) is 8.84. The van der Waals surface area contributed by atoms with Gasteiger partial charge in [0.05, 0.1) is 18.1 Å². The van der Waals surface area contributed by atoms with Gasteiger partial charge >= 0.3 is 0 Å². The van der Waals surface area contributed by atoms with Gasteiger partial charge < -0.3 is 10.5 Å². The van der Waals surface area contributed by atoms with Crippen LogP contribution in [0.25, 0.3) is 0 Å². The van der Waals surface area contributed by atoms with Gasteiger partial charge in [-0.05, 0) is 30.7 Å². The van der Waals surface area contributed by atoms with Crippen molar-refractivity contribution >= 4 is 5.69 Å². The van der Waals surface area contributed by atoms with Gasteiger partial charge in [-0.2, -0.15) is 10.2 Å². The summed E-state index contributed by atoms with van der Waals surface area (Å²) in [5, 5.41) is 7.38. The Bertz CT molecular complexity index is 457. The summed E-state index contributed by atoms with van der Waals surface area (Å²) in [6.45, 7) is 1.90. The molecular formula is C11H10N3O. The first-order chi connectivity index (χ1) is 7.25. The topological polar surface area (TPSA) is 58.8 Å². The van der Waals surface area contributed by atoms with Gasteiger partial charge in [-0.25, -0.2) is 0 Å². The number of hydrogen-bond donors (Lipinski definition) is 0. The van der Waals surface area contributed by atoms with Crippen molar-refractivity contribution in [2.75, 3.05) is 0 Å². The average molecular weight is 200 g/mol. The van der Waals surface area contributed by atoms with Gasteiger partial charge in [0.25, 0.3) is 0 Å². The lowest BCUT2D eigenvalue weighted by Gasteiger charge is -2.07. The Labute approximate surface area is 87.7 Å². The molecule has 1 aromatic heterocycles. The fourth-order valence-electron chi connectivity index (χ4n) is 1.23. The molecule has 0 unspecified atom stereocenters. The van der Waals surface area contributed by atoms with Crippen LogP contribution < -0.4 is 10.5 Å². The Morgan fingerprint density at radius 1 is 1.20 bits per heavy atom. The zero-order chi connectivity index (χ0) is 10.7. The molecule has 2 rings (SSSR count). The molecule has 1 radical (unpaired) electrons. The van der Waals surface area contributed by atoms with Gasteiger partial charge in [0, 0.05) is 6.07 Å². The number of ether oxygens (including phenoxy) is 1. The van der Waals surface area contributed by atoms with Crippen molar-refractivity contribution in [3.05, 3.63) is 42.2 Å². The van der Waals surface area contributed by atoms with Crippen molar-refractivity contribution < 1.29 is 4.74 Å². The van der Waals surface area contributed by atoms with E-state index in [1.165, 1.54) is 0 Å². The van der Waals surface area contributed by atoms with Crippen LogP contribution in [0.3, 0.4) is 0 Å². The van der Waals surface area contributed by atoms with Crippen LogP contribution in [-0.4, -0.2) is 10.2 Å². The van der Waals surface area contributed by atoms with Crippen molar-refractivity contribution in [2.24, 2.45) is 0 Å². The van der Waals surface area contributed by atoms with Crippen molar-refractivity contribution in [1.82, 2.24) is 15.9 Å². The van der Waals surface area contributed by atoms with Gasteiger partial charge in [0.2, 0.25) is 0 Å². The maximum atomic E-state index is 7.43. The quantitative estimate of drug-likeness (QED) is 0.748. The highest BCUT2D eigenvalue weighted by atomic mass is 16.5. The number of rotatable bonds is 2. The molecule has 1 N–H and O–H groups in total. The molecule has 0 aliphatic carbocycles. The minimum absolute atomic E-state index is 0.479. The van der Waals surface area contributed by atoms with Crippen LogP contribution in [0, 0.1) is 6.92 Å². The molecule has 2 aromatic rings. The Kier molecular flexibility index (Phi) is 2.49. The second-order valence-corrected chi connectivity index (χ2v) is 3.16. The maximum Gasteiger partial charge on any atom is 0.149 e. The van der Waals surface area contributed by atoms with E-state index >= 15 is 0 Å². The largest absolute Gasteiger partial charge is 0.455 e. The summed E-state index contributed by atoms with van der Waals surface area (Å²) < 4.78 is 5.58. The molecule has 0 aliphatic rings. The van der Waals surface area contributed by atoms with Gasteiger partial charge in [0.15, 0.2) is 0 Å². The first kappa shape index (κ1) is 9.45. The minimum atomic E-state index is 0.479. The standard InChI is InChI=1S/C11H10N3O/c1-8-6-9(12)2-3-11(8)15-10-4-5-13-14-7-10/h2-7,12H,1H3. The third-order valence-corrected chi connectivity index (χ3v) is 1.96. The Morgan fingerprint density at radius 2 is 2.07 bits per heavy atom. The van der Waals surface area contributed by atoms with E-state index in [4.69, 9.17) is 10.5 Å². The number of benzene rings is 1. The van der Waals surface area contributed by atoms with Crippen LogP contribution in [0.1, 0.15) is 5.56 Å². The smallest absolute Gasteiger partial charge is 0.149 e. The zero-order valence-electron chi connectivity index (χ0n) is 8.27. The molecule has 15 heavy (non-hydrogen) atoms. The maximum absolute atomic E-state index is 7.43. The highest BCUT2D eigenvalue weighted by Gasteiger charge is 2.01. The molecule has 1 heterocycles. The number of hydrogen-bond acceptors (Lipinski definition) is 3. The predicted octanol–water partition coefficient (Wildman–Crippen LogP) is 2.49. The van der Waals surface area contributed by atoms with E-state index in [0.717, 1.165) is 11.3 Å². The number of aromatic nitrogens is 2. The van der Waals surface area contributed by atoms with Crippen LogP contribution in [0.5, 0.6) is 11.5 Å². The first-order valence-corrected chi connectivity index (χ1v) is 4.52. The summed E-state index contributed by atoms with van der Waals surface area (Å²) in [6.07, 6.45) is 3.12. The number of aryl methyl sites for hydroxylation is 1. The van der Waals surface area contributed by atoms with E-state index in [2.05, 4.69) is 10.2 Å². The zero-order valence-corrected chi connectivity index (χ0v) is 8.27. The summed E-state index contributed by atoms with van der Waals surface area (Å²) in [7, 11) is 0. The summed E-state index contributed by atoms with van der Waals surface area (Å²) in [4.78, 5) is 0. The molecule has 1 aromatic carbocycles. The monoisotopic (exact) mass is 200 g/mol. The van der Waals surface area contributed by atoms with E-state index < -0.39 is 0 Å². The van der Waals surface area contributed by atoms with Gasteiger partial charge in [-0.15, -0.1) is 0 Å². The van der Waals surface area contributed by atoms with E-state index in [1.807, 2.05) is 6.92 Å². The number of nitrogens with zero attached hydrogens (tertiary/aromatic N) is 2.